The predicted molar refractivity (Wildman–Crippen MR) is 108 cm³/mol. The molecule has 0 N–H and O–H groups in total. The van der Waals surface area contributed by atoms with E-state index in [-0.39, 0.29) is 0 Å². The van der Waals surface area contributed by atoms with Crippen LogP contribution in [0.2, 0.25) is 0 Å². The van der Waals surface area contributed by atoms with Gasteiger partial charge in [-0.15, -0.1) is 11.3 Å². The van der Waals surface area contributed by atoms with Crippen LogP contribution in [-0.4, -0.2) is 65.3 Å². The fraction of sp³-hybridized carbons (Fsp3) is 0.368. The number of benzene rings is 1. The molecule has 1 saturated heterocycles. The number of hydrogen-bond acceptors (Lipinski definition) is 6. The fourth-order valence-electron chi connectivity index (χ4n) is 2.99. The Morgan fingerprint density at radius 1 is 1.12 bits per heavy atom. The average Bonchev–Trinajstić information content (AvgIpc) is 3.08. The number of piperazine rings is 1. The number of hydrogen-bond donors (Lipinski definition) is 0. The van der Waals surface area contributed by atoms with E-state index in [2.05, 4.69) is 52.2 Å². The van der Waals surface area contributed by atoms with Crippen molar-refractivity contribution in [2.75, 3.05) is 45.5 Å². The first-order chi connectivity index (χ1) is 12.3. The molecule has 1 aromatic carbocycles. The Balaban J connectivity index is 1.39. The normalized spacial score (nSPS) is 16.5. The smallest absolute Gasteiger partial charge is 0.188 e. The molecule has 0 saturated carbocycles. The Labute approximate surface area is 156 Å². The maximum absolute atomic E-state index is 4.77. The summed E-state index contributed by atoms with van der Waals surface area (Å²) in [5.74, 6) is 1.04. The average molecular weight is 371 g/mol. The van der Waals surface area contributed by atoms with E-state index >= 15 is 0 Å². The van der Waals surface area contributed by atoms with Crippen molar-refractivity contribution >= 4 is 33.2 Å². The van der Waals surface area contributed by atoms with Gasteiger partial charge in [0.05, 0.1) is 10.6 Å². The summed E-state index contributed by atoms with van der Waals surface area (Å²) >= 11 is 3.55. The fourth-order valence-corrected chi connectivity index (χ4v) is 4.86. The minimum atomic E-state index is 0.879. The highest BCUT2D eigenvalue weighted by molar-refractivity contribution is 7.99. The molecule has 4 nitrogen and oxygen atoms in total. The van der Waals surface area contributed by atoms with Crippen LogP contribution in [0.1, 0.15) is 0 Å². The zero-order chi connectivity index (χ0) is 17.1. The lowest BCUT2D eigenvalue weighted by Crippen LogP contribution is -2.45. The Bertz CT molecular complexity index is 807. The molecule has 4 rings (SSSR count). The van der Waals surface area contributed by atoms with Gasteiger partial charge < -0.3 is 4.90 Å². The lowest BCUT2D eigenvalue weighted by Gasteiger charge is -2.32. The largest absolute Gasteiger partial charge is 0.304 e. The van der Waals surface area contributed by atoms with Crippen LogP contribution < -0.4 is 0 Å². The van der Waals surface area contributed by atoms with E-state index < -0.39 is 0 Å². The van der Waals surface area contributed by atoms with Crippen molar-refractivity contribution in [3.05, 3.63) is 42.6 Å². The molecule has 25 heavy (non-hydrogen) atoms. The van der Waals surface area contributed by atoms with E-state index in [1.807, 2.05) is 12.3 Å². The molecule has 6 heteroatoms. The van der Waals surface area contributed by atoms with Gasteiger partial charge in [-0.2, -0.15) is 0 Å². The minimum Gasteiger partial charge on any atom is -0.304 e. The topological polar surface area (TPSA) is 32.3 Å². The summed E-state index contributed by atoms with van der Waals surface area (Å²) in [6, 6.07) is 12.7. The summed E-state index contributed by atoms with van der Waals surface area (Å²) in [5, 5.41) is 2.16. The highest BCUT2D eigenvalue weighted by Crippen LogP contribution is 2.32. The van der Waals surface area contributed by atoms with E-state index in [4.69, 9.17) is 4.98 Å². The lowest BCUT2D eigenvalue weighted by atomic mass is 10.2. The molecule has 1 aliphatic rings. The number of thiophene rings is 1. The molecule has 0 aliphatic carbocycles. The second kappa shape index (κ2) is 7.83. The first-order valence-corrected chi connectivity index (χ1v) is 10.4. The van der Waals surface area contributed by atoms with E-state index in [1.165, 1.54) is 41.1 Å². The van der Waals surface area contributed by atoms with E-state index in [1.54, 1.807) is 23.1 Å². The first-order valence-electron chi connectivity index (χ1n) is 8.64. The van der Waals surface area contributed by atoms with Gasteiger partial charge >= 0.3 is 0 Å². The van der Waals surface area contributed by atoms with Crippen molar-refractivity contribution < 1.29 is 0 Å². The summed E-state index contributed by atoms with van der Waals surface area (Å²) in [7, 11) is 2.19. The first kappa shape index (κ1) is 17.0. The standard InChI is InChI=1S/C19H22N4S2/c1-22-8-10-23(11-9-22)12-13-24-19-20-7-6-16(21-19)18-14-15-4-2-3-5-17(15)25-18/h2-7,14H,8-13H2,1H3. The minimum absolute atomic E-state index is 0.879. The van der Waals surface area contributed by atoms with Crippen LogP contribution in [0.3, 0.4) is 0 Å². The molecule has 2 aromatic heterocycles. The second-order valence-electron chi connectivity index (χ2n) is 6.37. The van der Waals surface area contributed by atoms with Gasteiger partial charge in [0.2, 0.25) is 0 Å². The van der Waals surface area contributed by atoms with Crippen molar-refractivity contribution in [3.63, 3.8) is 0 Å². The van der Waals surface area contributed by atoms with Crippen LogP contribution in [-0.2, 0) is 0 Å². The quantitative estimate of drug-likeness (QED) is 0.505. The zero-order valence-corrected chi connectivity index (χ0v) is 16.0. The van der Waals surface area contributed by atoms with Crippen molar-refractivity contribution in [2.45, 2.75) is 5.16 Å². The number of likely N-dealkylation sites (N-methyl/N-ethyl adjacent to an activating group) is 1. The van der Waals surface area contributed by atoms with E-state index in [0.717, 1.165) is 23.1 Å². The van der Waals surface area contributed by atoms with Crippen LogP contribution in [0.25, 0.3) is 20.7 Å². The highest BCUT2D eigenvalue weighted by Gasteiger charge is 2.13. The van der Waals surface area contributed by atoms with E-state index in [0.29, 0.717) is 0 Å². The van der Waals surface area contributed by atoms with Crippen LogP contribution in [0.5, 0.6) is 0 Å². The maximum atomic E-state index is 4.77. The van der Waals surface area contributed by atoms with Crippen molar-refractivity contribution in [1.29, 1.82) is 0 Å². The van der Waals surface area contributed by atoms with Crippen molar-refractivity contribution in [1.82, 2.24) is 19.8 Å². The molecule has 0 unspecified atom stereocenters. The molecule has 0 atom stereocenters. The van der Waals surface area contributed by atoms with Gasteiger partial charge in [-0.05, 0) is 30.6 Å². The Morgan fingerprint density at radius 2 is 1.96 bits per heavy atom. The third-order valence-corrected chi connectivity index (χ3v) is 6.53. The molecular formula is C19H22N4S2. The summed E-state index contributed by atoms with van der Waals surface area (Å²) in [5.41, 5.74) is 1.03. The molecule has 0 spiro atoms. The third-order valence-electron chi connectivity index (χ3n) is 4.55. The van der Waals surface area contributed by atoms with Crippen molar-refractivity contribution in [3.8, 4) is 10.6 Å². The molecule has 3 heterocycles. The van der Waals surface area contributed by atoms with Crippen LogP contribution in [0.15, 0.2) is 47.8 Å². The molecule has 3 aromatic rings. The molecule has 130 valence electrons. The molecule has 0 bridgehead atoms. The Morgan fingerprint density at radius 3 is 2.80 bits per heavy atom. The molecule has 1 aliphatic heterocycles. The molecule has 0 radical (unpaired) electrons. The van der Waals surface area contributed by atoms with Gasteiger partial charge in [-0.25, -0.2) is 9.97 Å². The monoisotopic (exact) mass is 370 g/mol. The second-order valence-corrected chi connectivity index (χ2v) is 8.51. The Kier molecular flexibility index (Phi) is 5.31. The number of fused-ring (bicyclic) bond motifs is 1. The number of aromatic nitrogens is 2. The lowest BCUT2D eigenvalue weighted by molar-refractivity contribution is 0.161. The van der Waals surface area contributed by atoms with Crippen molar-refractivity contribution in [2.24, 2.45) is 0 Å². The summed E-state index contributed by atoms with van der Waals surface area (Å²) in [6.07, 6.45) is 1.88. The summed E-state index contributed by atoms with van der Waals surface area (Å²) < 4.78 is 1.31. The SMILES string of the molecule is CN1CCN(CCSc2nccc(-c3cc4ccccc4s3)n2)CC1. The molecule has 0 amide bonds. The summed E-state index contributed by atoms with van der Waals surface area (Å²) in [6.45, 7) is 5.78. The number of thioether (sulfide) groups is 1. The van der Waals surface area contributed by atoms with Gasteiger partial charge in [-0.1, -0.05) is 30.0 Å². The third kappa shape index (κ3) is 4.20. The van der Waals surface area contributed by atoms with Gasteiger partial charge in [0.25, 0.3) is 0 Å². The molecular weight excluding hydrogens is 348 g/mol. The number of rotatable bonds is 5. The number of nitrogens with zero attached hydrogens (tertiary/aromatic N) is 4. The van der Waals surface area contributed by atoms with Gasteiger partial charge in [0.15, 0.2) is 5.16 Å². The van der Waals surface area contributed by atoms with E-state index in [9.17, 15) is 0 Å². The molecule has 1 fully saturated rings. The van der Waals surface area contributed by atoms with Crippen LogP contribution in [0, 0.1) is 0 Å². The predicted octanol–water partition coefficient (Wildman–Crippen LogP) is 3.70. The van der Waals surface area contributed by atoms with Gasteiger partial charge in [0, 0.05) is 49.4 Å². The summed E-state index contributed by atoms with van der Waals surface area (Å²) in [4.78, 5) is 15.3. The van der Waals surface area contributed by atoms with Crippen LogP contribution >= 0.6 is 23.1 Å². The van der Waals surface area contributed by atoms with Crippen LogP contribution in [0.4, 0.5) is 0 Å². The zero-order valence-electron chi connectivity index (χ0n) is 14.4. The Hall–Kier alpha value is -1.47. The van der Waals surface area contributed by atoms with Gasteiger partial charge in [-0.3, -0.25) is 4.90 Å². The highest BCUT2D eigenvalue weighted by atomic mass is 32.2. The maximum Gasteiger partial charge on any atom is 0.188 e. The van der Waals surface area contributed by atoms with Gasteiger partial charge in [0.1, 0.15) is 0 Å².